The van der Waals surface area contributed by atoms with Crippen LogP contribution < -0.4 is 5.43 Å². The van der Waals surface area contributed by atoms with E-state index in [1.165, 1.54) is 17.0 Å². The maximum absolute atomic E-state index is 11.4. The van der Waals surface area contributed by atoms with E-state index < -0.39 is 22.7 Å². The van der Waals surface area contributed by atoms with Gasteiger partial charge in [0.05, 0.1) is 6.20 Å². The molecule has 0 aliphatic carbocycles. The molecule has 2 aromatic heterocycles. The van der Waals surface area contributed by atoms with Crippen LogP contribution in [0.4, 0.5) is 0 Å². The van der Waals surface area contributed by atoms with Crippen LogP contribution in [0.3, 0.4) is 0 Å². The third kappa shape index (κ3) is 2.37. The number of hydrogen-bond donors (Lipinski definition) is 2. The number of pyridine rings is 2. The second-order valence-corrected chi connectivity index (χ2v) is 3.72. The van der Waals surface area contributed by atoms with Crippen molar-refractivity contribution in [3.8, 4) is 5.75 Å². The van der Waals surface area contributed by atoms with E-state index in [4.69, 9.17) is 5.11 Å². The number of carbonyl (C=O) groups is 1. The lowest BCUT2D eigenvalue weighted by molar-refractivity contribution is 0.0694. The van der Waals surface area contributed by atoms with E-state index in [-0.39, 0.29) is 0 Å². The highest BCUT2D eigenvalue weighted by atomic mass is 16.4. The molecule has 18 heavy (non-hydrogen) atoms. The smallest absolute Gasteiger partial charge is 0.341 e. The number of carboxylic acids is 1. The first kappa shape index (κ1) is 11.8. The largest absolute Gasteiger partial charge is 0.503 e. The molecule has 0 amide bonds. The van der Waals surface area contributed by atoms with Gasteiger partial charge in [0.25, 0.3) is 0 Å². The minimum absolute atomic E-state index is 0.344. The average Bonchev–Trinajstić information content (AvgIpc) is 2.34. The van der Waals surface area contributed by atoms with Gasteiger partial charge in [-0.05, 0) is 17.7 Å². The van der Waals surface area contributed by atoms with Crippen molar-refractivity contribution in [1.29, 1.82) is 0 Å². The first-order valence-corrected chi connectivity index (χ1v) is 5.13. The van der Waals surface area contributed by atoms with E-state index in [2.05, 4.69) is 4.98 Å². The summed E-state index contributed by atoms with van der Waals surface area (Å²) in [6, 6.07) is 3.52. The van der Waals surface area contributed by atoms with Crippen LogP contribution in [-0.2, 0) is 6.54 Å². The summed E-state index contributed by atoms with van der Waals surface area (Å²) in [5.74, 6) is -1.94. The maximum Gasteiger partial charge on any atom is 0.341 e. The SMILES string of the molecule is O=C(O)c1cn(Cc2ccncc2)cc(O)c1=O. The first-order valence-electron chi connectivity index (χ1n) is 5.13. The molecule has 2 heterocycles. The molecular weight excluding hydrogens is 236 g/mol. The van der Waals surface area contributed by atoms with Gasteiger partial charge in [-0.15, -0.1) is 0 Å². The van der Waals surface area contributed by atoms with E-state index in [9.17, 15) is 14.7 Å². The van der Waals surface area contributed by atoms with Crippen LogP contribution in [0.15, 0.2) is 41.7 Å². The van der Waals surface area contributed by atoms with Gasteiger partial charge in [-0.25, -0.2) is 4.79 Å². The normalized spacial score (nSPS) is 10.2. The second kappa shape index (κ2) is 4.70. The summed E-state index contributed by atoms with van der Waals surface area (Å²) in [5, 5.41) is 18.2. The molecule has 0 aromatic carbocycles. The van der Waals surface area contributed by atoms with Gasteiger partial charge in [0.1, 0.15) is 5.56 Å². The minimum Gasteiger partial charge on any atom is -0.503 e. The summed E-state index contributed by atoms with van der Waals surface area (Å²) < 4.78 is 1.44. The Morgan fingerprint density at radius 2 is 1.94 bits per heavy atom. The van der Waals surface area contributed by atoms with Crippen LogP contribution in [0.1, 0.15) is 15.9 Å². The fourth-order valence-electron chi connectivity index (χ4n) is 1.56. The molecule has 0 bridgehead atoms. The Kier molecular flexibility index (Phi) is 3.09. The van der Waals surface area contributed by atoms with Crippen molar-refractivity contribution in [3.63, 3.8) is 0 Å². The molecule has 2 aromatic rings. The van der Waals surface area contributed by atoms with Crippen LogP contribution in [0.25, 0.3) is 0 Å². The van der Waals surface area contributed by atoms with E-state index >= 15 is 0 Å². The molecule has 6 heteroatoms. The summed E-state index contributed by atoms with van der Waals surface area (Å²) in [6.07, 6.45) is 5.62. The number of hydrogen-bond acceptors (Lipinski definition) is 4. The number of nitrogens with zero attached hydrogens (tertiary/aromatic N) is 2. The average molecular weight is 246 g/mol. The summed E-state index contributed by atoms with van der Waals surface area (Å²) >= 11 is 0. The Morgan fingerprint density at radius 3 is 2.56 bits per heavy atom. The Morgan fingerprint density at radius 1 is 1.28 bits per heavy atom. The Hall–Kier alpha value is -2.63. The molecule has 0 radical (unpaired) electrons. The summed E-state index contributed by atoms with van der Waals surface area (Å²) in [5.41, 5.74) is -0.457. The van der Waals surface area contributed by atoms with Crippen molar-refractivity contribution in [2.45, 2.75) is 6.54 Å². The third-order valence-corrected chi connectivity index (χ3v) is 2.41. The lowest BCUT2D eigenvalue weighted by atomic mass is 10.2. The first-order chi connectivity index (χ1) is 8.58. The Bertz CT molecular complexity index is 634. The second-order valence-electron chi connectivity index (χ2n) is 3.72. The zero-order valence-corrected chi connectivity index (χ0v) is 9.28. The number of carboxylic acid groups (broad SMARTS) is 1. The van der Waals surface area contributed by atoms with Gasteiger partial charge in [0.15, 0.2) is 5.75 Å². The highest BCUT2D eigenvalue weighted by Crippen LogP contribution is 2.07. The molecule has 0 aliphatic heterocycles. The van der Waals surface area contributed by atoms with Crippen molar-refractivity contribution in [2.75, 3.05) is 0 Å². The number of aromatic carboxylic acids is 1. The van der Waals surface area contributed by atoms with Gasteiger partial charge in [0.2, 0.25) is 5.43 Å². The van der Waals surface area contributed by atoms with Crippen molar-refractivity contribution >= 4 is 5.97 Å². The van der Waals surface area contributed by atoms with Gasteiger partial charge >= 0.3 is 5.97 Å². The quantitative estimate of drug-likeness (QED) is 0.831. The number of rotatable bonds is 3. The predicted octanol–water partition coefficient (Wildman–Crippen LogP) is 0.695. The molecule has 0 aliphatic rings. The molecule has 2 rings (SSSR count). The van der Waals surface area contributed by atoms with Crippen molar-refractivity contribution in [1.82, 2.24) is 9.55 Å². The fourth-order valence-corrected chi connectivity index (χ4v) is 1.56. The Labute approximate surface area is 102 Å². The lowest BCUT2D eigenvalue weighted by Gasteiger charge is -2.08. The molecule has 0 saturated heterocycles. The van der Waals surface area contributed by atoms with Crippen LogP contribution >= 0.6 is 0 Å². The van der Waals surface area contributed by atoms with Gasteiger partial charge < -0.3 is 14.8 Å². The molecule has 92 valence electrons. The standard InChI is InChI=1S/C12H10N2O4/c15-10-7-14(5-8-1-3-13-4-2-8)6-9(11(10)16)12(17)18/h1-4,6-7,15H,5H2,(H,17,18). The maximum atomic E-state index is 11.4. The van der Waals surface area contributed by atoms with Crippen molar-refractivity contribution in [2.24, 2.45) is 0 Å². The van der Waals surface area contributed by atoms with E-state index in [0.717, 1.165) is 5.56 Å². The Balaban J connectivity index is 2.41. The van der Waals surface area contributed by atoms with Gasteiger partial charge in [-0.2, -0.15) is 0 Å². The molecule has 2 N–H and O–H groups in total. The topological polar surface area (TPSA) is 92.4 Å². The number of aromatic nitrogens is 2. The zero-order valence-electron chi connectivity index (χ0n) is 9.28. The summed E-state index contributed by atoms with van der Waals surface area (Å²) in [6.45, 7) is 0.344. The van der Waals surface area contributed by atoms with Gasteiger partial charge in [0, 0.05) is 25.1 Å². The minimum atomic E-state index is -1.36. The van der Waals surface area contributed by atoms with E-state index in [0.29, 0.717) is 6.54 Å². The summed E-state index contributed by atoms with van der Waals surface area (Å²) in [4.78, 5) is 26.1. The monoisotopic (exact) mass is 246 g/mol. The summed E-state index contributed by atoms with van der Waals surface area (Å²) in [7, 11) is 0. The third-order valence-electron chi connectivity index (χ3n) is 2.41. The fraction of sp³-hybridized carbons (Fsp3) is 0.0833. The molecular formula is C12H10N2O4. The van der Waals surface area contributed by atoms with Crippen LogP contribution in [-0.4, -0.2) is 25.7 Å². The zero-order chi connectivity index (χ0) is 13.1. The van der Waals surface area contributed by atoms with Crippen molar-refractivity contribution in [3.05, 3.63) is 58.3 Å². The molecule has 0 saturated carbocycles. The van der Waals surface area contributed by atoms with E-state index in [1.807, 2.05) is 0 Å². The lowest BCUT2D eigenvalue weighted by Crippen LogP contribution is -2.17. The van der Waals surface area contributed by atoms with Crippen LogP contribution in [0.5, 0.6) is 5.75 Å². The van der Waals surface area contributed by atoms with Gasteiger partial charge in [-0.3, -0.25) is 9.78 Å². The van der Waals surface area contributed by atoms with Crippen molar-refractivity contribution < 1.29 is 15.0 Å². The highest BCUT2D eigenvalue weighted by Gasteiger charge is 2.13. The highest BCUT2D eigenvalue weighted by molar-refractivity contribution is 5.87. The van der Waals surface area contributed by atoms with E-state index in [1.54, 1.807) is 24.5 Å². The van der Waals surface area contributed by atoms with Crippen LogP contribution in [0.2, 0.25) is 0 Å². The molecule has 6 nitrogen and oxygen atoms in total. The van der Waals surface area contributed by atoms with Gasteiger partial charge in [-0.1, -0.05) is 0 Å². The molecule has 0 unspecified atom stereocenters. The number of aromatic hydroxyl groups is 1. The van der Waals surface area contributed by atoms with Crippen LogP contribution in [0, 0.1) is 0 Å². The molecule has 0 atom stereocenters. The molecule has 0 fully saturated rings. The predicted molar refractivity (Wildman–Crippen MR) is 62.7 cm³/mol. The molecule has 0 spiro atoms.